The van der Waals surface area contributed by atoms with Gasteiger partial charge < -0.3 is 9.80 Å². The van der Waals surface area contributed by atoms with Gasteiger partial charge in [0.1, 0.15) is 0 Å². The Bertz CT molecular complexity index is 728. The Hall–Kier alpha value is -1.94. The van der Waals surface area contributed by atoms with Gasteiger partial charge in [-0.05, 0) is 36.6 Å². The van der Waals surface area contributed by atoms with E-state index < -0.39 is 0 Å². The van der Waals surface area contributed by atoms with Crippen LogP contribution >= 0.6 is 11.8 Å². The van der Waals surface area contributed by atoms with Crippen LogP contribution in [0.1, 0.15) is 11.1 Å². The number of fused-ring (bicyclic) bond motifs is 1. The van der Waals surface area contributed by atoms with Crippen LogP contribution < -0.4 is 4.90 Å². The van der Waals surface area contributed by atoms with E-state index in [0.29, 0.717) is 5.91 Å². The number of carbonyl (C=O) groups is 1. The molecule has 0 radical (unpaired) electrons. The normalized spacial score (nSPS) is 20.1. The second kappa shape index (κ2) is 6.52. The van der Waals surface area contributed by atoms with E-state index in [9.17, 15) is 4.79 Å². The molecule has 24 heavy (non-hydrogen) atoms. The summed E-state index contributed by atoms with van der Waals surface area (Å²) in [6.45, 7) is 5.63. The van der Waals surface area contributed by atoms with Crippen molar-refractivity contribution in [3.63, 3.8) is 0 Å². The molecule has 4 heteroatoms. The minimum absolute atomic E-state index is 0.0624. The van der Waals surface area contributed by atoms with E-state index >= 15 is 0 Å². The summed E-state index contributed by atoms with van der Waals surface area (Å²) in [5.74, 6) is 0.306. The number of benzene rings is 2. The van der Waals surface area contributed by atoms with Crippen molar-refractivity contribution in [3.8, 4) is 0 Å². The Balaban J connectivity index is 1.38. The molecule has 0 aliphatic carbocycles. The molecule has 1 saturated heterocycles. The molecule has 2 aliphatic rings. The smallest absolute Gasteiger partial charge is 0.236 e. The molecule has 124 valence electrons. The predicted octanol–water partition coefficient (Wildman–Crippen LogP) is 3.36. The fraction of sp³-hybridized carbons (Fsp3) is 0.350. The van der Waals surface area contributed by atoms with Crippen molar-refractivity contribution in [2.45, 2.75) is 23.5 Å². The Morgan fingerprint density at radius 2 is 1.71 bits per heavy atom. The lowest BCUT2D eigenvalue weighted by atomic mass is 10.1. The third-order valence-corrected chi connectivity index (χ3v) is 6.28. The molecule has 0 bridgehead atoms. The van der Waals surface area contributed by atoms with Gasteiger partial charge in [0.25, 0.3) is 0 Å². The molecular formula is C20H22N2OS. The van der Waals surface area contributed by atoms with Crippen molar-refractivity contribution in [1.82, 2.24) is 4.90 Å². The summed E-state index contributed by atoms with van der Waals surface area (Å²) >= 11 is 1.73. The lowest BCUT2D eigenvalue weighted by molar-refractivity contribution is -0.130. The summed E-state index contributed by atoms with van der Waals surface area (Å²) in [6.07, 6.45) is 0.873. The van der Waals surface area contributed by atoms with Crippen LogP contribution in [0.2, 0.25) is 0 Å². The zero-order valence-electron chi connectivity index (χ0n) is 13.9. The van der Waals surface area contributed by atoms with Crippen LogP contribution in [-0.2, 0) is 11.2 Å². The number of nitrogens with zero attached hydrogens (tertiary/aromatic N) is 2. The standard InChI is InChI=1S/C20H22N2OS/c1-15-6-2-4-8-17(15)21-10-12-22(13-11-21)20(23)19-14-16-7-3-5-9-18(16)24-19/h2-9,19H,10-14H2,1H3. The van der Waals surface area contributed by atoms with Crippen molar-refractivity contribution >= 4 is 23.4 Å². The first-order valence-corrected chi connectivity index (χ1v) is 9.44. The van der Waals surface area contributed by atoms with Crippen molar-refractivity contribution < 1.29 is 4.79 Å². The van der Waals surface area contributed by atoms with Gasteiger partial charge in [-0.2, -0.15) is 0 Å². The molecule has 0 spiro atoms. The van der Waals surface area contributed by atoms with Crippen LogP contribution in [0.5, 0.6) is 0 Å². The van der Waals surface area contributed by atoms with Gasteiger partial charge in [0.15, 0.2) is 0 Å². The zero-order valence-corrected chi connectivity index (χ0v) is 14.8. The second-order valence-corrected chi connectivity index (χ2v) is 7.76. The van der Waals surface area contributed by atoms with E-state index in [-0.39, 0.29) is 5.25 Å². The first kappa shape index (κ1) is 15.6. The van der Waals surface area contributed by atoms with Crippen LogP contribution in [0.25, 0.3) is 0 Å². The van der Waals surface area contributed by atoms with Gasteiger partial charge >= 0.3 is 0 Å². The molecule has 1 unspecified atom stereocenters. The molecule has 3 nitrogen and oxygen atoms in total. The van der Waals surface area contributed by atoms with Crippen molar-refractivity contribution in [2.24, 2.45) is 0 Å². The second-order valence-electron chi connectivity index (χ2n) is 6.52. The molecule has 0 aromatic heterocycles. The number of para-hydroxylation sites is 1. The van der Waals surface area contributed by atoms with E-state index in [1.165, 1.54) is 21.7 Å². The Morgan fingerprint density at radius 3 is 2.46 bits per heavy atom. The summed E-state index contributed by atoms with van der Waals surface area (Å²) in [5, 5.41) is 0.0624. The number of aryl methyl sites for hydroxylation is 1. The number of piperazine rings is 1. The van der Waals surface area contributed by atoms with Gasteiger partial charge in [0, 0.05) is 36.8 Å². The minimum atomic E-state index is 0.0624. The predicted molar refractivity (Wildman–Crippen MR) is 99.8 cm³/mol. The Morgan fingerprint density at radius 1 is 1.00 bits per heavy atom. The maximum Gasteiger partial charge on any atom is 0.236 e. The number of rotatable bonds is 2. The number of amides is 1. The molecule has 2 aliphatic heterocycles. The Labute approximate surface area is 147 Å². The summed E-state index contributed by atoms with van der Waals surface area (Å²) < 4.78 is 0. The fourth-order valence-corrected chi connectivity index (χ4v) is 4.89. The Kier molecular flexibility index (Phi) is 4.23. The molecular weight excluding hydrogens is 316 g/mol. The quantitative estimate of drug-likeness (QED) is 0.839. The van der Waals surface area contributed by atoms with Gasteiger partial charge in [-0.3, -0.25) is 4.79 Å². The van der Waals surface area contributed by atoms with Crippen LogP contribution in [0.3, 0.4) is 0 Å². The third-order valence-electron chi connectivity index (χ3n) is 4.97. The maximum absolute atomic E-state index is 12.9. The molecule has 0 saturated carbocycles. The zero-order chi connectivity index (χ0) is 16.5. The fourth-order valence-electron chi connectivity index (χ4n) is 3.61. The highest BCUT2D eigenvalue weighted by Gasteiger charge is 2.32. The van der Waals surface area contributed by atoms with E-state index in [1.807, 2.05) is 0 Å². The van der Waals surface area contributed by atoms with Gasteiger partial charge in [0.2, 0.25) is 5.91 Å². The number of hydrogen-bond acceptors (Lipinski definition) is 3. The summed E-state index contributed by atoms with van der Waals surface area (Å²) in [4.78, 5) is 18.6. The molecule has 2 heterocycles. The van der Waals surface area contributed by atoms with Crippen LogP contribution in [-0.4, -0.2) is 42.2 Å². The van der Waals surface area contributed by atoms with Crippen LogP contribution in [0.4, 0.5) is 5.69 Å². The van der Waals surface area contributed by atoms with Crippen molar-refractivity contribution in [1.29, 1.82) is 0 Å². The topological polar surface area (TPSA) is 23.6 Å². The highest BCUT2D eigenvalue weighted by atomic mass is 32.2. The largest absolute Gasteiger partial charge is 0.368 e. The van der Waals surface area contributed by atoms with Crippen LogP contribution in [0, 0.1) is 6.92 Å². The molecule has 4 rings (SSSR count). The van der Waals surface area contributed by atoms with Gasteiger partial charge in [-0.1, -0.05) is 36.4 Å². The van der Waals surface area contributed by atoms with Gasteiger partial charge in [0.05, 0.1) is 5.25 Å². The first-order valence-electron chi connectivity index (χ1n) is 8.56. The molecule has 2 aromatic carbocycles. The van der Waals surface area contributed by atoms with Gasteiger partial charge in [-0.25, -0.2) is 0 Å². The SMILES string of the molecule is Cc1ccccc1N1CCN(C(=O)C2Cc3ccccc3S2)CC1. The van der Waals surface area contributed by atoms with Gasteiger partial charge in [-0.15, -0.1) is 11.8 Å². The summed E-state index contributed by atoms with van der Waals surface area (Å²) in [5.41, 5.74) is 3.92. The molecule has 1 amide bonds. The minimum Gasteiger partial charge on any atom is -0.368 e. The first-order chi connectivity index (χ1) is 11.7. The van der Waals surface area contributed by atoms with Crippen molar-refractivity contribution in [2.75, 3.05) is 31.1 Å². The number of hydrogen-bond donors (Lipinski definition) is 0. The van der Waals surface area contributed by atoms with E-state index in [0.717, 1.165) is 32.6 Å². The molecule has 1 atom stereocenters. The summed E-state index contributed by atoms with van der Waals surface area (Å²) in [7, 11) is 0. The van der Waals surface area contributed by atoms with Crippen LogP contribution in [0.15, 0.2) is 53.4 Å². The van der Waals surface area contributed by atoms with E-state index in [1.54, 1.807) is 11.8 Å². The van der Waals surface area contributed by atoms with E-state index in [4.69, 9.17) is 0 Å². The molecule has 2 aromatic rings. The number of thioether (sulfide) groups is 1. The average Bonchev–Trinajstić information content (AvgIpc) is 3.06. The number of anilines is 1. The third kappa shape index (κ3) is 2.91. The molecule has 1 fully saturated rings. The highest BCUT2D eigenvalue weighted by molar-refractivity contribution is 8.01. The monoisotopic (exact) mass is 338 g/mol. The average molecular weight is 338 g/mol. The lowest BCUT2D eigenvalue weighted by Crippen LogP contribution is -2.51. The van der Waals surface area contributed by atoms with Crippen molar-refractivity contribution in [3.05, 3.63) is 59.7 Å². The molecule has 0 N–H and O–H groups in total. The summed E-state index contributed by atoms with van der Waals surface area (Å²) in [6, 6.07) is 16.9. The van der Waals surface area contributed by atoms with E-state index in [2.05, 4.69) is 65.3 Å². The highest BCUT2D eigenvalue weighted by Crippen LogP contribution is 2.37. The maximum atomic E-state index is 12.9. The number of carbonyl (C=O) groups excluding carboxylic acids is 1. The lowest BCUT2D eigenvalue weighted by Gasteiger charge is -2.37.